The molecule has 0 aromatic rings. The Morgan fingerprint density at radius 3 is 2.59 bits per heavy atom. The van der Waals surface area contributed by atoms with Crippen LogP contribution in [0.15, 0.2) is 0 Å². The number of hydrogen-bond acceptors (Lipinski definition) is 3. The van der Waals surface area contributed by atoms with Gasteiger partial charge < -0.3 is 16.0 Å². The first-order valence-corrected chi connectivity index (χ1v) is 6.27. The zero-order chi connectivity index (χ0) is 13.0. The van der Waals surface area contributed by atoms with Gasteiger partial charge in [0.05, 0.1) is 6.04 Å². The third-order valence-electron chi connectivity index (χ3n) is 2.91. The Kier molecular flexibility index (Phi) is 4.93. The molecule has 2 atom stereocenters. The first kappa shape index (κ1) is 14.0. The van der Waals surface area contributed by atoms with Crippen molar-refractivity contribution in [3.05, 3.63) is 0 Å². The third-order valence-corrected chi connectivity index (χ3v) is 2.91. The summed E-state index contributed by atoms with van der Waals surface area (Å²) in [5.41, 5.74) is 5.58. The van der Waals surface area contributed by atoms with Gasteiger partial charge in [-0.3, -0.25) is 9.59 Å². The first-order chi connectivity index (χ1) is 7.93. The molecule has 2 unspecified atom stereocenters. The lowest BCUT2D eigenvalue weighted by Gasteiger charge is -2.25. The van der Waals surface area contributed by atoms with Crippen LogP contribution >= 0.6 is 0 Å². The van der Waals surface area contributed by atoms with Crippen molar-refractivity contribution >= 4 is 11.8 Å². The highest BCUT2D eigenvalue weighted by atomic mass is 16.2. The molecule has 1 saturated heterocycles. The van der Waals surface area contributed by atoms with Crippen LogP contribution < -0.4 is 11.1 Å². The van der Waals surface area contributed by atoms with Crippen molar-refractivity contribution in [2.24, 2.45) is 11.7 Å². The Balaban J connectivity index is 2.57. The van der Waals surface area contributed by atoms with Crippen molar-refractivity contribution in [2.45, 2.75) is 45.7 Å². The van der Waals surface area contributed by atoms with E-state index in [0.717, 1.165) is 12.8 Å². The first-order valence-electron chi connectivity index (χ1n) is 6.27. The maximum Gasteiger partial charge on any atom is 0.242 e. The van der Waals surface area contributed by atoms with E-state index in [2.05, 4.69) is 5.32 Å². The Hall–Kier alpha value is -1.10. The fraction of sp³-hybridized carbons (Fsp3) is 0.833. The minimum absolute atomic E-state index is 0.0507. The lowest BCUT2D eigenvalue weighted by atomic mass is 10.1. The van der Waals surface area contributed by atoms with Gasteiger partial charge in [-0.2, -0.15) is 0 Å². The Labute approximate surface area is 103 Å². The highest BCUT2D eigenvalue weighted by Gasteiger charge is 2.34. The Morgan fingerprint density at radius 2 is 2.06 bits per heavy atom. The van der Waals surface area contributed by atoms with Crippen LogP contribution in [0, 0.1) is 5.92 Å². The van der Waals surface area contributed by atoms with Gasteiger partial charge in [0.15, 0.2) is 0 Å². The number of carbonyl (C=O) groups is 2. The molecule has 1 aliphatic heterocycles. The van der Waals surface area contributed by atoms with Crippen LogP contribution in [0.25, 0.3) is 0 Å². The quantitative estimate of drug-likeness (QED) is 0.733. The van der Waals surface area contributed by atoms with Gasteiger partial charge in [-0.1, -0.05) is 13.8 Å². The van der Waals surface area contributed by atoms with Crippen molar-refractivity contribution in [3.8, 4) is 0 Å². The summed E-state index contributed by atoms with van der Waals surface area (Å²) in [5.74, 6) is 0.232. The largest absolute Gasteiger partial charge is 0.354 e. The molecule has 5 nitrogen and oxygen atoms in total. The highest BCUT2D eigenvalue weighted by molar-refractivity contribution is 5.90. The Bertz CT molecular complexity index is 289. The normalized spacial score (nSPS) is 21.7. The van der Waals surface area contributed by atoms with Crippen LogP contribution in [-0.4, -0.2) is 41.9 Å². The summed E-state index contributed by atoms with van der Waals surface area (Å²) < 4.78 is 0. The molecule has 0 radical (unpaired) electrons. The highest BCUT2D eigenvalue weighted by Crippen LogP contribution is 2.18. The van der Waals surface area contributed by atoms with Gasteiger partial charge in [0.1, 0.15) is 6.04 Å². The van der Waals surface area contributed by atoms with Crippen molar-refractivity contribution in [3.63, 3.8) is 0 Å². The standard InChI is InChI=1S/C12H23N3O2/c1-8(2)7-14-11(16)10-5-4-6-15(10)12(17)9(3)13/h8-10H,4-7,13H2,1-3H3,(H,14,16). The van der Waals surface area contributed by atoms with E-state index in [0.29, 0.717) is 19.0 Å². The second-order valence-electron chi connectivity index (χ2n) is 5.12. The molecular weight excluding hydrogens is 218 g/mol. The summed E-state index contributed by atoms with van der Waals surface area (Å²) in [4.78, 5) is 25.4. The van der Waals surface area contributed by atoms with Gasteiger partial charge in [-0.15, -0.1) is 0 Å². The average Bonchev–Trinajstić information content (AvgIpc) is 2.73. The van der Waals surface area contributed by atoms with E-state index in [1.807, 2.05) is 13.8 Å². The molecule has 2 amide bonds. The molecule has 1 aliphatic rings. The molecule has 17 heavy (non-hydrogen) atoms. The molecule has 0 saturated carbocycles. The van der Waals surface area contributed by atoms with Gasteiger partial charge in [0, 0.05) is 13.1 Å². The maximum absolute atomic E-state index is 11.9. The van der Waals surface area contributed by atoms with Crippen molar-refractivity contribution in [1.29, 1.82) is 0 Å². The topological polar surface area (TPSA) is 75.4 Å². The average molecular weight is 241 g/mol. The SMILES string of the molecule is CC(C)CNC(=O)C1CCCN1C(=O)C(C)N. The van der Waals surface area contributed by atoms with Gasteiger partial charge in [-0.25, -0.2) is 0 Å². The van der Waals surface area contributed by atoms with Crippen LogP contribution in [0.3, 0.4) is 0 Å². The molecule has 1 rings (SSSR count). The number of amides is 2. The minimum atomic E-state index is -0.534. The lowest BCUT2D eigenvalue weighted by Crippen LogP contribution is -2.50. The molecule has 98 valence electrons. The molecule has 3 N–H and O–H groups in total. The Morgan fingerprint density at radius 1 is 1.41 bits per heavy atom. The zero-order valence-corrected chi connectivity index (χ0v) is 10.9. The van der Waals surface area contributed by atoms with Crippen LogP contribution in [0.2, 0.25) is 0 Å². The second kappa shape index (κ2) is 6.00. The van der Waals surface area contributed by atoms with E-state index in [9.17, 15) is 9.59 Å². The number of carbonyl (C=O) groups excluding carboxylic acids is 2. The number of nitrogens with one attached hydrogen (secondary N) is 1. The fourth-order valence-electron chi connectivity index (χ4n) is 1.99. The summed E-state index contributed by atoms with van der Waals surface area (Å²) in [6.07, 6.45) is 1.61. The van der Waals surface area contributed by atoms with E-state index in [1.54, 1.807) is 11.8 Å². The van der Waals surface area contributed by atoms with Crippen molar-refractivity contribution in [1.82, 2.24) is 10.2 Å². The number of likely N-dealkylation sites (tertiary alicyclic amines) is 1. The van der Waals surface area contributed by atoms with Crippen molar-refractivity contribution in [2.75, 3.05) is 13.1 Å². The molecule has 1 fully saturated rings. The van der Waals surface area contributed by atoms with Gasteiger partial charge in [0.25, 0.3) is 0 Å². The minimum Gasteiger partial charge on any atom is -0.354 e. The fourth-order valence-corrected chi connectivity index (χ4v) is 1.99. The molecule has 1 heterocycles. The predicted molar refractivity (Wildman–Crippen MR) is 66.2 cm³/mol. The summed E-state index contributed by atoms with van der Waals surface area (Å²) in [5, 5.41) is 2.87. The van der Waals surface area contributed by atoms with Gasteiger partial charge in [0.2, 0.25) is 11.8 Å². The third kappa shape index (κ3) is 3.70. The summed E-state index contributed by atoms with van der Waals surface area (Å²) in [7, 11) is 0. The van der Waals surface area contributed by atoms with E-state index < -0.39 is 6.04 Å². The molecule has 0 bridgehead atoms. The van der Waals surface area contributed by atoms with E-state index >= 15 is 0 Å². The van der Waals surface area contributed by atoms with Crippen LogP contribution in [-0.2, 0) is 9.59 Å². The molecule has 0 aliphatic carbocycles. The molecule has 0 spiro atoms. The van der Waals surface area contributed by atoms with Gasteiger partial charge >= 0.3 is 0 Å². The van der Waals surface area contributed by atoms with Gasteiger partial charge in [-0.05, 0) is 25.7 Å². The summed E-state index contributed by atoms with van der Waals surface area (Å²) in [6, 6.07) is -0.860. The van der Waals surface area contributed by atoms with Crippen LogP contribution in [0.1, 0.15) is 33.6 Å². The summed E-state index contributed by atoms with van der Waals surface area (Å²) >= 11 is 0. The molecule has 5 heteroatoms. The smallest absolute Gasteiger partial charge is 0.242 e. The number of rotatable bonds is 4. The van der Waals surface area contributed by atoms with Crippen LogP contribution in [0.4, 0.5) is 0 Å². The molecular formula is C12H23N3O2. The second-order valence-corrected chi connectivity index (χ2v) is 5.12. The molecule has 0 aromatic carbocycles. The van der Waals surface area contributed by atoms with Crippen molar-refractivity contribution < 1.29 is 9.59 Å². The van der Waals surface area contributed by atoms with E-state index in [-0.39, 0.29) is 17.9 Å². The number of hydrogen-bond donors (Lipinski definition) is 2. The lowest BCUT2D eigenvalue weighted by molar-refractivity contribution is -0.139. The maximum atomic E-state index is 11.9. The number of nitrogens with two attached hydrogens (primary N) is 1. The van der Waals surface area contributed by atoms with Crippen LogP contribution in [0.5, 0.6) is 0 Å². The zero-order valence-electron chi connectivity index (χ0n) is 10.9. The summed E-state index contributed by atoms with van der Waals surface area (Å²) in [6.45, 7) is 7.03. The monoisotopic (exact) mass is 241 g/mol. The number of nitrogens with zero attached hydrogens (tertiary/aromatic N) is 1. The van der Waals surface area contributed by atoms with E-state index in [4.69, 9.17) is 5.73 Å². The molecule has 0 aromatic heterocycles. The predicted octanol–water partition coefficient (Wildman–Crippen LogP) is 0.0968. The van der Waals surface area contributed by atoms with E-state index in [1.165, 1.54) is 0 Å².